The Labute approximate surface area is 152 Å². The van der Waals surface area contributed by atoms with Crippen LogP contribution in [0.4, 0.5) is 0 Å². The van der Waals surface area contributed by atoms with Crippen molar-refractivity contribution >= 4 is 16.9 Å². The van der Waals surface area contributed by atoms with Crippen LogP contribution in [0.5, 0.6) is 0 Å². The summed E-state index contributed by atoms with van der Waals surface area (Å²) in [6, 6.07) is 12.8. The molecule has 1 aliphatic heterocycles. The quantitative estimate of drug-likeness (QED) is 0.694. The minimum absolute atomic E-state index is 0.193. The van der Waals surface area contributed by atoms with Crippen molar-refractivity contribution in [2.24, 2.45) is 0 Å². The molecule has 136 valence electrons. The molecule has 1 N–H and O–H groups in total. The molecule has 3 aromatic rings. The molecule has 1 aromatic carbocycles. The molecule has 0 saturated carbocycles. The predicted molar refractivity (Wildman–Crippen MR) is 99.6 cm³/mol. The van der Waals surface area contributed by atoms with E-state index in [-0.39, 0.29) is 12.6 Å². The first-order chi connectivity index (χ1) is 12.7. The number of aromatic nitrogens is 1. The zero-order chi connectivity index (χ0) is 18.1. The van der Waals surface area contributed by atoms with Gasteiger partial charge in [-0.25, -0.2) is 0 Å². The van der Waals surface area contributed by atoms with Gasteiger partial charge in [0.15, 0.2) is 0 Å². The minimum Gasteiger partial charge on any atom is -0.461 e. The Morgan fingerprint density at radius 2 is 2.08 bits per heavy atom. The monoisotopic (exact) mass is 352 g/mol. The third-order valence-electron chi connectivity index (χ3n) is 5.15. The Bertz CT molecular complexity index is 924. The molecular weight excluding hydrogens is 328 g/mol. The summed E-state index contributed by atoms with van der Waals surface area (Å²) < 4.78 is 10.8. The Morgan fingerprint density at radius 1 is 1.27 bits per heavy atom. The number of hydrogen-bond acceptors (Lipinski definition) is 4. The van der Waals surface area contributed by atoms with E-state index in [0.29, 0.717) is 11.8 Å². The Kier molecular flexibility index (Phi) is 4.55. The van der Waals surface area contributed by atoms with Crippen molar-refractivity contribution in [3.05, 3.63) is 59.2 Å². The van der Waals surface area contributed by atoms with Gasteiger partial charge in [0.05, 0.1) is 12.6 Å². The molecule has 1 aliphatic rings. The van der Waals surface area contributed by atoms with Gasteiger partial charge in [-0.2, -0.15) is 0 Å². The summed E-state index contributed by atoms with van der Waals surface area (Å²) in [7, 11) is 0. The molecule has 0 aliphatic carbocycles. The summed E-state index contributed by atoms with van der Waals surface area (Å²) >= 11 is 0. The number of esters is 1. The van der Waals surface area contributed by atoms with Crippen LogP contribution in [0.1, 0.15) is 49.1 Å². The van der Waals surface area contributed by atoms with E-state index < -0.39 is 0 Å². The standard InChI is InChI=1S/C21H24N2O3/c1-3-20-21-18(17-6-4-5-7-19(17)22-21)10-11-23(20)12-15-8-9-16(26-15)13-25-14(2)24/h4-9,20,22H,3,10-13H2,1-2H3. The van der Waals surface area contributed by atoms with Crippen LogP contribution in [-0.2, 0) is 29.1 Å². The highest BCUT2D eigenvalue weighted by Crippen LogP contribution is 2.36. The number of ether oxygens (including phenoxy) is 1. The zero-order valence-electron chi connectivity index (χ0n) is 15.2. The van der Waals surface area contributed by atoms with Crippen molar-refractivity contribution in [1.29, 1.82) is 0 Å². The maximum atomic E-state index is 10.9. The van der Waals surface area contributed by atoms with E-state index in [4.69, 9.17) is 9.15 Å². The van der Waals surface area contributed by atoms with Crippen LogP contribution in [0.25, 0.3) is 10.9 Å². The van der Waals surface area contributed by atoms with Gasteiger partial charge in [-0.3, -0.25) is 9.69 Å². The fourth-order valence-electron chi connectivity index (χ4n) is 3.98. The molecule has 26 heavy (non-hydrogen) atoms. The third-order valence-corrected chi connectivity index (χ3v) is 5.15. The topological polar surface area (TPSA) is 58.5 Å². The molecule has 0 saturated heterocycles. The van der Waals surface area contributed by atoms with Crippen molar-refractivity contribution < 1.29 is 13.9 Å². The summed E-state index contributed by atoms with van der Waals surface area (Å²) in [5.74, 6) is 1.30. The van der Waals surface area contributed by atoms with E-state index in [0.717, 1.165) is 31.7 Å². The van der Waals surface area contributed by atoms with Crippen LogP contribution in [0.15, 0.2) is 40.8 Å². The number of benzene rings is 1. The lowest BCUT2D eigenvalue weighted by Gasteiger charge is -2.34. The van der Waals surface area contributed by atoms with Gasteiger partial charge in [-0.05, 0) is 36.6 Å². The Balaban J connectivity index is 1.53. The molecular formula is C21H24N2O3. The normalized spacial score (nSPS) is 17.4. The van der Waals surface area contributed by atoms with Crippen molar-refractivity contribution in [2.45, 2.75) is 45.9 Å². The number of hydrogen-bond donors (Lipinski definition) is 1. The van der Waals surface area contributed by atoms with Crippen molar-refractivity contribution in [2.75, 3.05) is 6.54 Å². The van der Waals surface area contributed by atoms with Crippen LogP contribution in [0.2, 0.25) is 0 Å². The van der Waals surface area contributed by atoms with Crippen molar-refractivity contribution in [3.8, 4) is 0 Å². The van der Waals surface area contributed by atoms with E-state index in [9.17, 15) is 4.79 Å². The SMILES string of the molecule is CCC1c2[nH]c3ccccc3c2CCN1Cc1ccc(COC(C)=O)o1. The van der Waals surface area contributed by atoms with E-state index >= 15 is 0 Å². The highest BCUT2D eigenvalue weighted by molar-refractivity contribution is 5.85. The molecule has 4 rings (SSSR count). The van der Waals surface area contributed by atoms with Gasteiger partial charge in [0.1, 0.15) is 18.1 Å². The van der Waals surface area contributed by atoms with Crippen molar-refractivity contribution in [1.82, 2.24) is 9.88 Å². The number of aromatic amines is 1. The summed E-state index contributed by atoms with van der Waals surface area (Å²) in [5.41, 5.74) is 4.02. The summed E-state index contributed by atoms with van der Waals surface area (Å²) in [6.45, 7) is 5.59. The molecule has 1 unspecified atom stereocenters. The van der Waals surface area contributed by atoms with Crippen LogP contribution in [0.3, 0.4) is 0 Å². The molecule has 0 amide bonds. The van der Waals surface area contributed by atoms with Crippen LogP contribution in [-0.4, -0.2) is 22.4 Å². The second-order valence-electron chi connectivity index (χ2n) is 6.86. The molecule has 0 bridgehead atoms. The molecule has 1 atom stereocenters. The maximum Gasteiger partial charge on any atom is 0.303 e. The van der Waals surface area contributed by atoms with Gasteiger partial charge < -0.3 is 14.1 Å². The van der Waals surface area contributed by atoms with Crippen LogP contribution < -0.4 is 0 Å². The molecule has 3 heterocycles. The van der Waals surface area contributed by atoms with Gasteiger partial charge >= 0.3 is 5.97 Å². The van der Waals surface area contributed by atoms with Gasteiger partial charge in [-0.15, -0.1) is 0 Å². The minimum atomic E-state index is -0.295. The maximum absolute atomic E-state index is 10.9. The van der Waals surface area contributed by atoms with Gasteiger partial charge in [0.2, 0.25) is 0 Å². The fourth-order valence-corrected chi connectivity index (χ4v) is 3.98. The molecule has 2 aromatic heterocycles. The van der Waals surface area contributed by atoms with Gasteiger partial charge in [0.25, 0.3) is 0 Å². The number of H-pyrrole nitrogens is 1. The number of carbonyl (C=O) groups is 1. The molecule has 5 nitrogen and oxygen atoms in total. The number of fused-ring (bicyclic) bond motifs is 3. The average Bonchev–Trinajstić information content (AvgIpc) is 3.24. The smallest absolute Gasteiger partial charge is 0.303 e. The Morgan fingerprint density at radius 3 is 2.88 bits per heavy atom. The lowest BCUT2D eigenvalue weighted by Crippen LogP contribution is -2.34. The second-order valence-corrected chi connectivity index (χ2v) is 6.86. The molecule has 0 spiro atoms. The number of nitrogens with zero attached hydrogens (tertiary/aromatic N) is 1. The van der Waals surface area contributed by atoms with E-state index in [1.165, 1.54) is 29.1 Å². The van der Waals surface area contributed by atoms with E-state index in [2.05, 4.69) is 41.1 Å². The second kappa shape index (κ2) is 7.00. The highest BCUT2D eigenvalue weighted by atomic mass is 16.5. The molecule has 0 fully saturated rings. The lowest BCUT2D eigenvalue weighted by atomic mass is 9.95. The third kappa shape index (κ3) is 3.15. The first-order valence-corrected chi connectivity index (χ1v) is 9.20. The number of carbonyl (C=O) groups excluding carboxylic acids is 1. The highest BCUT2D eigenvalue weighted by Gasteiger charge is 2.29. The molecule has 5 heteroatoms. The largest absolute Gasteiger partial charge is 0.461 e. The summed E-state index contributed by atoms with van der Waals surface area (Å²) in [6.07, 6.45) is 2.08. The number of nitrogens with one attached hydrogen (secondary N) is 1. The zero-order valence-corrected chi connectivity index (χ0v) is 15.2. The first-order valence-electron chi connectivity index (χ1n) is 9.20. The van der Waals surface area contributed by atoms with Crippen LogP contribution >= 0.6 is 0 Å². The van der Waals surface area contributed by atoms with Gasteiger partial charge in [-0.1, -0.05) is 25.1 Å². The molecule has 0 radical (unpaired) electrons. The average molecular weight is 352 g/mol. The van der Waals surface area contributed by atoms with Gasteiger partial charge in [0, 0.05) is 30.1 Å². The number of para-hydroxylation sites is 1. The van der Waals surface area contributed by atoms with E-state index in [1.54, 1.807) is 0 Å². The lowest BCUT2D eigenvalue weighted by molar-refractivity contribution is -0.142. The van der Waals surface area contributed by atoms with Crippen LogP contribution in [0, 0.1) is 0 Å². The first kappa shape index (κ1) is 16.9. The Hall–Kier alpha value is -2.53. The number of rotatable bonds is 5. The van der Waals surface area contributed by atoms with E-state index in [1.807, 2.05) is 12.1 Å². The fraction of sp³-hybridized carbons (Fsp3) is 0.381. The number of furan rings is 1. The predicted octanol–water partition coefficient (Wildman–Crippen LogP) is 4.33. The summed E-state index contributed by atoms with van der Waals surface area (Å²) in [4.78, 5) is 17.0. The van der Waals surface area contributed by atoms with Crippen molar-refractivity contribution in [3.63, 3.8) is 0 Å². The summed E-state index contributed by atoms with van der Waals surface area (Å²) in [5, 5.41) is 1.35.